The van der Waals surface area contributed by atoms with Crippen LogP contribution in [0.25, 0.3) is 101 Å². The number of aromatic nitrogens is 3. The van der Waals surface area contributed by atoms with Gasteiger partial charge in [0.1, 0.15) is 0 Å². The van der Waals surface area contributed by atoms with Crippen LogP contribution < -0.4 is 0 Å². The van der Waals surface area contributed by atoms with Crippen LogP contribution in [-0.4, -0.2) is 14.5 Å². The van der Waals surface area contributed by atoms with E-state index in [1.165, 1.54) is 57.2 Å². The number of hydrogen-bond donors (Lipinski definition) is 0. The third-order valence-electron chi connectivity index (χ3n) is 9.58. The Morgan fingerprint density at radius 2 is 1.11 bits per heavy atom. The van der Waals surface area contributed by atoms with Gasteiger partial charge in [0.05, 0.1) is 26.9 Å². The Morgan fingerprint density at radius 3 is 1.96 bits per heavy atom. The maximum Gasteiger partial charge on any atom is 0.235 e. The number of para-hydroxylation sites is 1. The predicted octanol–water partition coefficient (Wildman–Crippen LogP) is 12.3. The molecule has 5 heteroatoms. The minimum Gasteiger partial charge on any atom is -0.277 e. The fourth-order valence-electron chi connectivity index (χ4n) is 7.54. The molecule has 218 valence electrons. The fourth-order valence-corrected chi connectivity index (χ4v) is 9.97. The second-order valence-corrected chi connectivity index (χ2v) is 14.2. The van der Waals surface area contributed by atoms with Crippen molar-refractivity contribution in [2.75, 3.05) is 0 Å². The first-order chi connectivity index (χ1) is 23.3. The zero-order valence-electron chi connectivity index (χ0n) is 24.9. The summed E-state index contributed by atoms with van der Waals surface area (Å²) in [6.45, 7) is 0. The summed E-state index contributed by atoms with van der Waals surface area (Å²) in [5.74, 6) is 0.695. The molecule has 0 saturated carbocycles. The minimum atomic E-state index is 0.695. The lowest BCUT2D eigenvalue weighted by Crippen LogP contribution is -2.03. The van der Waals surface area contributed by atoms with Gasteiger partial charge in [0.2, 0.25) is 5.95 Å². The highest BCUT2D eigenvalue weighted by Crippen LogP contribution is 2.48. The molecule has 0 spiro atoms. The first-order valence-corrected chi connectivity index (χ1v) is 17.4. The van der Waals surface area contributed by atoms with E-state index in [0.717, 1.165) is 37.9 Å². The molecule has 0 atom stereocenters. The van der Waals surface area contributed by atoms with Crippen LogP contribution in [-0.2, 0) is 0 Å². The summed E-state index contributed by atoms with van der Waals surface area (Å²) in [6.07, 6.45) is 0. The lowest BCUT2D eigenvalue weighted by molar-refractivity contribution is 1.02. The molecule has 0 aliphatic heterocycles. The van der Waals surface area contributed by atoms with Gasteiger partial charge >= 0.3 is 0 Å². The molecule has 4 aromatic heterocycles. The van der Waals surface area contributed by atoms with Crippen molar-refractivity contribution in [1.29, 1.82) is 0 Å². The van der Waals surface area contributed by atoms with Crippen molar-refractivity contribution in [3.63, 3.8) is 0 Å². The van der Waals surface area contributed by atoms with Crippen LogP contribution in [0.1, 0.15) is 0 Å². The van der Waals surface area contributed by atoms with Gasteiger partial charge in [-0.3, -0.25) is 4.57 Å². The zero-order valence-corrected chi connectivity index (χ0v) is 26.6. The molecule has 0 saturated heterocycles. The van der Waals surface area contributed by atoms with E-state index < -0.39 is 0 Å². The molecular weight excluding hydrogens is 611 g/mol. The topological polar surface area (TPSA) is 30.7 Å². The van der Waals surface area contributed by atoms with Crippen molar-refractivity contribution in [1.82, 2.24) is 14.5 Å². The van der Waals surface area contributed by atoms with Crippen LogP contribution in [0, 0.1) is 0 Å². The summed E-state index contributed by atoms with van der Waals surface area (Å²) < 4.78 is 7.27. The van der Waals surface area contributed by atoms with Crippen LogP contribution in [0.15, 0.2) is 140 Å². The minimum absolute atomic E-state index is 0.695. The maximum absolute atomic E-state index is 5.51. The second kappa shape index (κ2) is 9.46. The van der Waals surface area contributed by atoms with E-state index in [0.29, 0.717) is 5.95 Å². The Hall–Kier alpha value is -5.62. The van der Waals surface area contributed by atoms with Crippen molar-refractivity contribution in [2.24, 2.45) is 0 Å². The normalized spacial score (nSPS) is 12.3. The second-order valence-electron chi connectivity index (χ2n) is 12.1. The molecule has 0 aliphatic carbocycles. The van der Waals surface area contributed by atoms with Gasteiger partial charge in [-0.1, -0.05) is 115 Å². The monoisotopic (exact) mass is 633 g/mol. The molecular formula is C42H23N3S2. The standard InChI is InChI=1S/C42H23N3S2/c1-2-12-25-23-26(22-21-24(25)11-1)37-41-38(31-17-7-10-20-34(31)47-41)44-42(43-37)45-32-18-8-5-15-29(32)36-39(45)28-14-4-3-13-27(28)35-30-16-6-9-19-33(30)46-40(35)36/h1-23H. The molecule has 0 unspecified atom stereocenters. The molecule has 0 fully saturated rings. The Kier molecular flexibility index (Phi) is 5.14. The van der Waals surface area contributed by atoms with Crippen molar-refractivity contribution < 1.29 is 0 Å². The molecule has 4 heterocycles. The lowest BCUT2D eigenvalue weighted by atomic mass is 10.00. The van der Waals surface area contributed by atoms with Crippen LogP contribution in [0.5, 0.6) is 0 Å². The molecule has 0 radical (unpaired) electrons. The fraction of sp³-hybridized carbons (Fsp3) is 0. The van der Waals surface area contributed by atoms with Gasteiger partial charge in [0.25, 0.3) is 0 Å². The summed E-state index contributed by atoms with van der Waals surface area (Å²) in [6, 6.07) is 50.2. The first-order valence-electron chi connectivity index (χ1n) is 15.8. The smallest absolute Gasteiger partial charge is 0.235 e. The van der Waals surface area contributed by atoms with Gasteiger partial charge in [-0.25, -0.2) is 9.97 Å². The zero-order chi connectivity index (χ0) is 30.6. The highest BCUT2D eigenvalue weighted by atomic mass is 32.1. The Labute approximate surface area is 276 Å². The maximum atomic E-state index is 5.51. The number of hydrogen-bond acceptors (Lipinski definition) is 4. The van der Waals surface area contributed by atoms with Crippen LogP contribution in [0.4, 0.5) is 0 Å². The summed E-state index contributed by atoms with van der Waals surface area (Å²) in [5, 5.41) is 11.2. The molecule has 7 aromatic carbocycles. The van der Waals surface area contributed by atoms with E-state index >= 15 is 0 Å². The van der Waals surface area contributed by atoms with Crippen molar-refractivity contribution in [2.45, 2.75) is 0 Å². The highest BCUT2D eigenvalue weighted by Gasteiger charge is 2.24. The molecule has 0 bridgehead atoms. The summed E-state index contributed by atoms with van der Waals surface area (Å²) >= 11 is 3.66. The number of thiophene rings is 2. The molecule has 0 aliphatic rings. The average Bonchev–Trinajstić information content (AvgIpc) is 3.81. The van der Waals surface area contributed by atoms with Crippen molar-refractivity contribution >= 4 is 106 Å². The van der Waals surface area contributed by atoms with Gasteiger partial charge in [0, 0.05) is 52.0 Å². The van der Waals surface area contributed by atoms with Crippen LogP contribution in [0.2, 0.25) is 0 Å². The summed E-state index contributed by atoms with van der Waals surface area (Å²) in [7, 11) is 0. The summed E-state index contributed by atoms with van der Waals surface area (Å²) in [4.78, 5) is 11.0. The molecule has 11 aromatic rings. The molecule has 47 heavy (non-hydrogen) atoms. The quantitative estimate of drug-likeness (QED) is 0.190. The van der Waals surface area contributed by atoms with Gasteiger partial charge < -0.3 is 0 Å². The average molecular weight is 634 g/mol. The number of nitrogens with zero attached hydrogens (tertiary/aromatic N) is 3. The largest absolute Gasteiger partial charge is 0.277 e. The third kappa shape index (κ3) is 3.50. The summed E-state index contributed by atoms with van der Waals surface area (Å²) in [5.41, 5.74) is 5.33. The van der Waals surface area contributed by atoms with E-state index in [9.17, 15) is 0 Å². The van der Waals surface area contributed by atoms with Gasteiger partial charge in [0.15, 0.2) is 0 Å². The Balaban J connectivity index is 1.35. The first kappa shape index (κ1) is 25.6. The van der Waals surface area contributed by atoms with Crippen LogP contribution in [0.3, 0.4) is 0 Å². The Bertz CT molecular complexity index is 3090. The van der Waals surface area contributed by atoms with Gasteiger partial charge in [-0.15, -0.1) is 22.7 Å². The number of fused-ring (bicyclic) bond motifs is 14. The Morgan fingerprint density at radius 1 is 0.468 bits per heavy atom. The van der Waals surface area contributed by atoms with E-state index in [4.69, 9.17) is 9.97 Å². The lowest BCUT2D eigenvalue weighted by Gasteiger charge is -2.12. The number of benzene rings is 7. The molecule has 0 amide bonds. The van der Waals surface area contributed by atoms with Gasteiger partial charge in [-0.2, -0.15) is 0 Å². The third-order valence-corrected chi connectivity index (χ3v) is 11.9. The number of rotatable bonds is 2. The highest BCUT2D eigenvalue weighted by molar-refractivity contribution is 7.27. The van der Waals surface area contributed by atoms with E-state index in [1.54, 1.807) is 11.3 Å². The molecule has 3 nitrogen and oxygen atoms in total. The van der Waals surface area contributed by atoms with E-state index in [2.05, 4.69) is 144 Å². The SMILES string of the molecule is c1ccc2cc(-c3nc(-n4c5ccccc5c5c6sc7ccccc7c6c6ccccc6c54)nc4c3sc3ccccc34)ccc2c1. The van der Waals surface area contributed by atoms with E-state index in [1.807, 2.05) is 11.3 Å². The van der Waals surface area contributed by atoms with Gasteiger partial charge in [-0.05, 0) is 40.4 Å². The molecule has 11 rings (SSSR count). The van der Waals surface area contributed by atoms with Crippen molar-refractivity contribution in [3.05, 3.63) is 140 Å². The van der Waals surface area contributed by atoms with E-state index in [-0.39, 0.29) is 0 Å². The predicted molar refractivity (Wildman–Crippen MR) is 203 cm³/mol. The van der Waals surface area contributed by atoms with Crippen molar-refractivity contribution in [3.8, 4) is 17.2 Å². The molecule has 0 N–H and O–H groups in total. The van der Waals surface area contributed by atoms with Crippen LogP contribution >= 0.6 is 22.7 Å².